The van der Waals surface area contributed by atoms with Crippen molar-refractivity contribution >= 4 is 16.5 Å². The molecule has 1 unspecified atom stereocenters. The van der Waals surface area contributed by atoms with Crippen molar-refractivity contribution in [1.29, 1.82) is 0 Å². The van der Waals surface area contributed by atoms with Gasteiger partial charge in [-0.15, -0.1) is 11.3 Å². The summed E-state index contributed by atoms with van der Waals surface area (Å²) in [5.41, 5.74) is 2.14. The van der Waals surface area contributed by atoms with Crippen LogP contribution in [-0.4, -0.2) is 53.4 Å². The van der Waals surface area contributed by atoms with Gasteiger partial charge in [0.15, 0.2) is 5.13 Å². The second-order valence-corrected chi connectivity index (χ2v) is 7.76. The van der Waals surface area contributed by atoms with E-state index in [0.717, 1.165) is 68.8 Å². The number of thiazole rings is 1. The van der Waals surface area contributed by atoms with Gasteiger partial charge in [-0.2, -0.15) is 0 Å². The van der Waals surface area contributed by atoms with E-state index in [1.54, 1.807) is 11.3 Å². The van der Waals surface area contributed by atoms with Crippen LogP contribution in [0, 0.1) is 13.8 Å². The Kier molecular flexibility index (Phi) is 4.32. The maximum atomic E-state index is 6.30. The summed E-state index contributed by atoms with van der Waals surface area (Å²) in [7, 11) is 0. The second kappa shape index (κ2) is 6.46. The number of piperidine rings is 1. The second-order valence-electron chi connectivity index (χ2n) is 6.88. The molecule has 2 saturated heterocycles. The molecule has 0 amide bonds. The third-order valence-electron chi connectivity index (χ3n) is 5.12. The van der Waals surface area contributed by atoms with Crippen LogP contribution in [0.5, 0.6) is 0 Å². The third kappa shape index (κ3) is 3.08. The van der Waals surface area contributed by atoms with Crippen molar-refractivity contribution in [1.82, 2.24) is 15.0 Å². The Morgan fingerprint density at radius 2 is 2.21 bits per heavy atom. The van der Waals surface area contributed by atoms with Gasteiger partial charge in [0, 0.05) is 43.3 Å². The number of anilines is 1. The first-order valence-electron chi connectivity index (χ1n) is 8.58. The first kappa shape index (κ1) is 16.1. The van der Waals surface area contributed by atoms with Gasteiger partial charge in [0.25, 0.3) is 0 Å². The van der Waals surface area contributed by atoms with Crippen LogP contribution < -0.4 is 4.90 Å². The highest BCUT2D eigenvalue weighted by Crippen LogP contribution is 2.33. The zero-order valence-electron chi connectivity index (χ0n) is 14.3. The van der Waals surface area contributed by atoms with Crippen LogP contribution in [0.2, 0.25) is 0 Å². The molecule has 2 aliphatic rings. The fourth-order valence-corrected chi connectivity index (χ4v) is 4.56. The van der Waals surface area contributed by atoms with Crippen molar-refractivity contribution in [3.05, 3.63) is 28.6 Å². The molecule has 4 heterocycles. The van der Waals surface area contributed by atoms with Crippen molar-refractivity contribution < 1.29 is 9.26 Å². The van der Waals surface area contributed by atoms with Crippen molar-refractivity contribution in [3.8, 4) is 0 Å². The number of nitrogens with zero attached hydrogens (tertiary/aromatic N) is 4. The molecule has 2 fully saturated rings. The molecule has 0 bridgehead atoms. The fraction of sp³-hybridized carbons (Fsp3) is 0.647. The zero-order chi connectivity index (χ0) is 16.6. The van der Waals surface area contributed by atoms with E-state index in [1.807, 2.05) is 25.4 Å². The molecule has 130 valence electrons. The first-order chi connectivity index (χ1) is 11.7. The van der Waals surface area contributed by atoms with E-state index in [0.29, 0.717) is 0 Å². The third-order valence-corrected chi connectivity index (χ3v) is 5.95. The van der Waals surface area contributed by atoms with Crippen LogP contribution in [0.3, 0.4) is 0 Å². The smallest absolute Gasteiger partial charge is 0.185 e. The van der Waals surface area contributed by atoms with E-state index >= 15 is 0 Å². The molecule has 1 atom stereocenters. The molecule has 2 aliphatic heterocycles. The Hall–Kier alpha value is -1.44. The van der Waals surface area contributed by atoms with E-state index in [1.165, 1.54) is 5.56 Å². The first-order valence-corrected chi connectivity index (χ1v) is 9.46. The van der Waals surface area contributed by atoms with Gasteiger partial charge in [0.05, 0.1) is 24.4 Å². The van der Waals surface area contributed by atoms with Crippen LogP contribution in [0.15, 0.2) is 16.1 Å². The fourth-order valence-electron chi connectivity index (χ4n) is 3.89. The predicted octanol–water partition coefficient (Wildman–Crippen LogP) is 2.62. The van der Waals surface area contributed by atoms with E-state index in [-0.39, 0.29) is 5.60 Å². The predicted molar refractivity (Wildman–Crippen MR) is 93.5 cm³/mol. The Morgan fingerprint density at radius 3 is 2.96 bits per heavy atom. The molecular weight excluding hydrogens is 324 g/mol. The van der Waals surface area contributed by atoms with Crippen molar-refractivity contribution in [3.63, 3.8) is 0 Å². The molecule has 24 heavy (non-hydrogen) atoms. The molecular formula is C17H24N4O2S. The molecule has 0 N–H and O–H groups in total. The number of morpholine rings is 1. The van der Waals surface area contributed by atoms with E-state index in [9.17, 15) is 0 Å². The van der Waals surface area contributed by atoms with E-state index in [4.69, 9.17) is 9.26 Å². The maximum Gasteiger partial charge on any atom is 0.185 e. The summed E-state index contributed by atoms with van der Waals surface area (Å²) in [6, 6.07) is 0. The molecule has 4 rings (SSSR count). The standard InChI is InChI=1S/C17H24N4O2S/c1-13-15(14(2)23-19-13)10-20-7-8-22-17(11-20)4-3-6-21(12-17)16-18-5-9-24-16/h5,9H,3-4,6-8,10-12H2,1-2H3. The molecule has 0 saturated carbocycles. The van der Waals surface area contributed by atoms with Gasteiger partial charge in [-0.05, 0) is 26.7 Å². The van der Waals surface area contributed by atoms with Gasteiger partial charge in [0.2, 0.25) is 0 Å². The lowest BCUT2D eigenvalue weighted by molar-refractivity contribution is -0.116. The molecule has 0 radical (unpaired) electrons. The normalized spacial score (nSPS) is 25.5. The van der Waals surface area contributed by atoms with Crippen LogP contribution in [-0.2, 0) is 11.3 Å². The van der Waals surface area contributed by atoms with Gasteiger partial charge in [-0.3, -0.25) is 4.90 Å². The lowest BCUT2D eigenvalue weighted by Crippen LogP contribution is -2.59. The van der Waals surface area contributed by atoms with Crippen LogP contribution in [0.1, 0.15) is 29.9 Å². The van der Waals surface area contributed by atoms with Crippen LogP contribution in [0.25, 0.3) is 0 Å². The van der Waals surface area contributed by atoms with E-state index in [2.05, 4.69) is 19.9 Å². The highest BCUT2D eigenvalue weighted by Gasteiger charge is 2.41. The summed E-state index contributed by atoms with van der Waals surface area (Å²) in [6.45, 7) is 9.62. The zero-order valence-corrected chi connectivity index (χ0v) is 15.1. The Morgan fingerprint density at radius 1 is 1.29 bits per heavy atom. The molecule has 2 aromatic rings. The SMILES string of the molecule is Cc1noc(C)c1CN1CCOC2(CCCN(c3nccs3)C2)C1. The average molecular weight is 348 g/mol. The van der Waals surface area contributed by atoms with Crippen molar-refractivity contribution in [2.75, 3.05) is 37.7 Å². The monoisotopic (exact) mass is 348 g/mol. The van der Waals surface area contributed by atoms with Gasteiger partial charge < -0.3 is 14.2 Å². The lowest BCUT2D eigenvalue weighted by Gasteiger charge is -2.48. The van der Waals surface area contributed by atoms with Crippen molar-refractivity contribution in [2.45, 2.75) is 38.8 Å². The maximum absolute atomic E-state index is 6.30. The largest absolute Gasteiger partial charge is 0.370 e. The van der Waals surface area contributed by atoms with Gasteiger partial charge >= 0.3 is 0 Å². The number of rotatable bonds is 3. The summed E-state index contributed by atoms with van der Waals surface area (Å²) in [6.07, 6.45) is 4.15. The Labute approximate surface area is 146 Å². The number of ether oxygens (including phenoxy) is 1. The van der Waals surface area contributed by atoms with Gasteiger partial charge in [-0.25, -0.2) is 4.98 Å². The van der Waals surface area contributed by atoms with Crippen LogP contribution in [0.4, 0.5) is 5.13 Å². The molecule has 2 aromatic heterocycles. The number of hydrogen-bond donors (Lipinski definition) is 0. The van der Waals surface area contributed by atoms with Gasteiger partial charge in [0.1, 0.15) is 5.76 Å². The topological polar surface area (TPSA) is 54.6 Å². The summed E-state index contributed by atoms with van der Waals surface area (Å²) in [5, 5.41) is 7.24. The highest BCUT2D eigenvalue weighted by atomic mass is 32.1. The summed E-state index contributed by atoms with van der Waals surface area (Å²) in [4.78, 5) is 9.35. The summed E-state index contributed by atoms with van der Waals surface area (Å²) < 4.78 is 11.6. The number of hydrogen-bond acceptors (Lipinski definition) is 7. The number of aromatic nitrogens is 2. The van der Waals surface area contributed by atoms with Crippen molar-refractivity contribution in [2.24, 2.45) is 0 Å². The summed E-state index contributed by atoms with van der Waals surface area (Å²) >= 11 is 1.71. The molecule has 1 spiro atoms. The lowest BCUT2D eigenvalue weighted by atomic mass is 9.90. The average Bonchev–Trinajstić information content (AvgIpc) is 3.21. The molecule has 6 nitrogen and oxygen atoms in total. The molecule has 7 heteroatoms. The molecule has 0 aromatic carbocycles. The minimum atomic E-state index is -0.0822. The van der Waals surface area contributed by atoms with Gasteiger partial charge in [-0.1, -0.05) is 5.16 Å². The Bertz CT molecular complexity index is 663. The minimum absolute atomic E-state index is 0.0822. The highest BCUT2D eigenvalue weighted by molar-refractivity contribution is 7.13. The number of aryl methyl sites for hydroxylation is 2. The molecule has 0 aliphatic carbocycles. The quantitative estimate of drug-likeness (QED) is 0.850. The summed E-state index contributed by atoms with van der Waals surface area (Å²) in [5.74, 6) is 0.932. The Balaban J connectivity index is 1.47. The minimum Gasteiger partial charge on any atom is -0.370 e. The van der Waals surface area contributed by atoms with E-state index < -0.39 is 0 Å². The van der Waals surface area contributed by atoms with Crippen LogP contribution >= 0.6 is 11.3 Å².